The van der Waals surface area contributed by atoms with Crippen molar-refractivity contribution in [2.24, 2.45) is 0 Å². The average Bonchev–Trinajstić information content (AvgIpc) is 2.37. The number of benzene rings is 1. The maximum absolute atomic E-state index is 12.8. The molecule has 3 nitrogen and oxygen atoms in total. The van der Waals surface area contributed by atoms with E-state index in [1.807, 2.05) is 12.1 Å². The molecule has 0 aliphatic heterocycles. The molecule has 0 bridgehead atoms. The topological polar surface area (TPSA) is 30.5 Å². The van der Waals surface area contributed by atoms with Crippen molar-refractivity contribution < 1.29 is 13.9 Å². The Morgan fingerprint density at radius 1 is 1.26 bits per heavy atom. The minimum atomic E-state index is -0.166. The third kappa shape index (κ3) is 4.00. The largest absolute Gasteiger partial charge is 0.382 e. The number of methoxy groups -OCH3 is 2. The molecule has 0 aromatic heterocycles. The van der Waals surface area contributed by atoms with E-state index in [-0.39, 0.29) is 11.9 Å². The molecule has 0 heterocycles. The number of halogens is 1. The van der Waals surface area contributed by atoms with Crippen LogP contribution in [0.4, 0.5) is 4.39 Å². The molecular weight excluding hydrogens is 245 g/mol. The quantitative estimate of drug-likeness (QED) is 0.822. The molecule has 1 atom stereocenters. The zero-order valence-corrected chi connectivity index (χ0v) is 11.6. The second-order valence-corrected chi connectivity index (χ2v) is 5.14. The van der Waals surface area contributed by atoms with Crippen LogP contribution < -0.4 is 5.32 Å². The molecule has 1 saturated carbocycles. The van der Waals surface area contributed by atoms with Crippen molar-refractivity contribution in [2.45, 2.75) is 30.9 Å². The Morgan fingerprint density at radius 3 is 2.53 bits per heavy atom. The Kier molecular flexibility index (Phi) is 5.31. The number of rotatable bonds is 7. The van der Waals surface area contributed by atoms with E-state index in [1.165, 1.54) is 17.7 Å². The average molecular weight is 267 g/mol. The fourth-order valence-corrected chi connectivity index (χ4v) is 2.49. The molecule has 0 radical (unpaired) electrons. The maximum Gasteiger partial charge on any atom is 0.123 e. The van der Waals surface area contributed by atoms with Crippen LogP contribution in [0.25, 0.3) is 0 Å². The number of hydrogen-bond donors (Lipinski definition) is 1. The molecule has 1 unspecified atom stereocenters. The Labute approximate surface area is 114 Å². The fourth-order valence-electron chi connectivity index (χ4n) is 2.49. The van der Waals surface area contributed by atoms with Crippen LogP contribution in [0, 0.1) is 5.82 Å². The van der Waals surface area contributed by atoms with Crippen LogP contribution in [0.15, 0.2) is 24.3 Å². The molecule has 1 N–H and O–H groups in total. The van der Waals surface area contributed by atoms with Crippen LogP contribution in [0.5, 0.6) is 0 Å². The molecule has 0 saturated heterocycles. The zero-order chi connectivity index (χ0) is 13.7. The van der Waals surface area contributed by atoms with Gasteiger partial charge >= 0.3 is 0 Å². The van der Waals surface area contributed by atoms with Crippen LogP contribution in [-0.4, -0.2) is 39.5 Å². The highest BCUT2D eigenvalue weighted by Gasteiger charge is 2.30. The summed E-state index contributed by atoms with van der Waals surface area (Å²) in [5.74, 6) is 0.391. The molecule has 1 aromatic rings. The van der Waals surface area contributed by atoms with Crippen molar-refractivity contribution in [3.63, 3.8) is 0 Å². The molecular formula is C15H22FNO2. The number of nitrogens with one attached hydrogen (secondary N) is 1. The van der Waals surface area contributed by atoms with Crippen molar-refractivity contribution in [2.75, 3.05) is 27.4 Å². The summed E-state index contributed by atoms with van der Waals surface area (Å²) < 4.78 is 23.2. The first-order chi connectivity index (χ1) is 9.22. The van der Waals surface area contributed by atoms with Crippen molar-refractivity contribution >= 4 is 0 Å². The summed E-state index contributed by atoms with van der Waals surface area (Å²) in [6.45, 7) is 1.42. The van der Waals surface area contributed by atoms with Gasteiger partial charge in [-0.25, -0.2) is 4.39 Å². The van der Waals surface area contributed by atoms with Gasteiger partial charge in [-0.3, -0.25) is 0 Å². The highest BCUT2D eigenvalue weighted by atomic mass is 19.1. The Hall–Kier alpha value is -0.970. The van der Waals surface area contributed by atoms with E-state index in [4.69, 9.17) is 9.47 Å². The van der Waals surface area contributed by atoms with E-state index < -0.39 is 0 Å². The third-order valence-corrected chi connectivity index (χ3v) is 3.80. The summed E-state index contributed by atoms with van der Waals surface area (Å²) >= 11 is 0. The predicted octanol–water partition coefficient (Wildman–Crippen LogP) is 2.32. The number of ether oxygens (including phenoxy) is 2. The Balaban J connectivity index is 1.70. The van der Waals surface area contributed by atoms with Gasteiger partial charge in [-0.15, -0.1) is 0 Å². The van der Waals surface area contributed by atoms with Gasteiger partial charge in [-0.05, 0) is 36.5 Å². The molecule has 4 heteroatoms. The molecule has 1 aromatic carbocycles. The van der Waals surface area contributed by atoms with E-state index in [2.05, 4.69) is 5.32 Å². The van der Waals surface area contributed by atoms with Crippen molar-refractivity contribution in [1.82, 2.24) is 5.32 Å². The van der Waals surface area contributed by atoms with Gasteiger partial charge in [0.25, 0.3) is 0 Å². The first-order valence-electron chi connectivity index (χ1n) is 6.73. The Morgan fingerprint density at radius 2 is 1.95 bits per heavy atom. The summed E-state index contributed by atoms with van der Waals surface area (Å²) in [5, 5.41) is 3.49. The zero-order valence-electron chi connectivity index (χ0n) is 11.6. The Bertz CT molecular complexity index is 376. The third-order valence-electron chi connectivity index (χ3n) is 3.80. The predicted molar refractivity (Wildman–Crippen MR) is 72.8 cm³/mol. The van der Waals surface area contributed by atoms with E-state index in [1.54, 1.807) is 14.2 Å². The summed E-state index contributed by atoms with van der Waals surface area (Å²) in [7, 11) is 3.38. The molecule has 2 rings (SSSR count). The molecule has 106 valence electrons. The van der Waals surface area contributed by atoms with Crippen molar-refractivity contribution in [3.05, 3.63) is 35.6 Å². The minimum absolute atomic E-state index is 0.106. The van der Waals surface area contributed by atoms with Crippen LogP contribution >= 0.6 is 0 Å². The fraction of sp³-hybridized carbons (Fsp3) is 0.600. The van der Waals surface area contributed by atoms with Gasteiger partial charge < -0.3 is 14.8 Å². The van der Waals surface area contributed by atoms with E-state index in [0.717, 1.165) is 19.4 Å². The van der Waals surface area contributed by atoms with Gasteiger partial charge in [-0.1, -0.05) is 12.1 Å². The van der Waals surface area contributed by atoms with Crippen LogP contribution in [0.2, 0.25) is 0 Å². The smallest absolute Gasteiger partial charge is 0.123 e. The lowest BCUT2D eigenvalue weighted by atomic mass is 9.76. The van der Waals surface area contributed by atoms with Crippen molar-refractivity contribution in [3.8, 4) is 0 Å². The summed E-state index contributed by atoms with van der Waals surface area (Å²) in [4.78, 5) is 0. The highest BCUT2D eigenvalue weighted by molar-refractivity contribution is 5.23. The molecule has 19 heavy (non-hydrogen) atoms. The maximum atomic E-state index is 12.8. The lowest BCUT2D eigenvalue weighted by molar-refractivity contribution is 0.0251. The molecule has 0 amide bonds. The second kappa shape index (κ2) is 6.98. The highest BCUT2D eigenvalue weighted by Crippen LogP contribution is 2.36. The molecule has 0 spiro atoms. The number of hydrogen-bond acceptors (Lipinski definition) is 3. The van der Waals surface area contributed by atoms with Gasteiger partial charge in [0, 0.05) is 26.8 Å². The van der Waals surface area contributed by atoms with Crippen molar-refractivity contribution in [1.29, 1.82) is 0 Å². The first-order valence-corrected chi connectivity index (χ1v) is 6.73. The molecule has 1 fully saturated rings. The summed E-state index contributed by atoms with van der Waals surface area (Å²) in [6.07, 6.45) is 2.32. The SMILES string of the molecule is COCC(CNC1CC(c2ccc(F)cc2)C1)OC. The van der Waals surface area contributed by atoms with Crippen LogP contribution in [0.3, 0.4) is 0 Å². The first kappa shape index (κ1) is 14.4. The van der Waals surface area contributed by atoms with Gasteiger partial charge in [0.05, 0.1) is 12.7 Å². The molecule has 1 aliphatic carbocycles. The van der Waals surface area contributed by atoms with Crippen LogP contribution in [0.1, 0.15) is 24.3 Å². The van der Waals surface area contributed by atoms with Gasteiger partial charge in [-0.2, -0.15) is 0 Å². The lowest BCUT2D eigenvalue weighted by Gasteiger charge is -2.37. The second-order valence-electron chi connectivity index (χ2n) is 5.14. The standard InChI is InChI=1S/C15H22FNO2/c1-18-10-15(19-2)9-17-14-7-12(8-14)11-3-5-13(16)6-4-11/h3-6,12,14-15,17H,7-10H2,1-2H3. The monoisotopic (exact) mass is 267 g/mol. The minimum Gasteiger partial charge on any atom is -0.382 e. The van der Waals surface area contributed by atoms with E-state index >= 15 is 0 Å². The normalized spacial score (nSPS) is 23.9. The van der Waals surface area contributed by atoms with E-state index in [0.29, 0.717) is 18.6 Å². The van der Waals surface area contributed by atoms with Gasteiger partial charge in [0.15, 0.2) is 0 Å². The summed E-state index contributed by atoms with van der Waals surface area (Å²) in [6, 6.07) is 7.38. The molecule has 1 aliphatic rings. The summed E-state index contributed by atoms with van der Waals surface area (Å²) in [5.41, 5.74) is 1.24. The van der Waals surface area contributed by atoms with Gasteiger partial charge in [0.1, 0.15) is 5.82 Å². The lowest BCUT2D eigenvalue weighted by Crippen LogP contribution is -2.44. The van der Waals surface area contributed by atoms with E-state index in [9.17, 15) is 4.39 Å². The van der Waals surface area contributed by atoms with Crippen LogP contribution in [-0.2, 0) is 9.47 Å². The van der Waals surface area contributed by atoms with Gasteiger partial charge in [0.2, 0.25) is 0 Å².